The Balaban J connectivity index is 1.78. The summed E-state index contributed by atoms with van der Waals surface area (Å²) < 4.78 is 6.06. The number of rotatable bonds is 8. The Morgan fingerprint density at radius 2 is 1.33 bits per heavy atom. The number of hydrogen-bond acceptors (Lipinski definition) is 2. The van der Waals surface area contributed by atoms with E-state index in [0.29, 0.717) is 18.9 Å². The van der Waals surface area contributed by atoms with Crippen molar-refractivity contribution in [3.63, 3.8) is 0 Å². The zero-order chi connectivity index (χ0) is 23.3. The van der Waals surface area contributed by atoms with E-state index < -0.39 is 5.41 Å². The number of anilines is 1. The fourth-order valence-corrected chi connectivity index (χ4v) is 4.43. The van der Waals surface area contributed by atoms with Gasteiger partial charge in [-0.2, -0.15) is 0 Å². The van der Waals surface area contributed by atoms with Gasteiger partial charge in [0.1, 0.15) is 5.75 Å². The van der Waals surface area contributed by atoms with Crippen LogP contribution in [0.3, 0.4) is 0 Å². The molecule has 4 aromatic carbocycles. The van der Waals surface area contributed by atoms with Gasteiger partial charge in [0, 0.05) is 16.5 Å². The first-order valence-electron chi connectivity index (χ1n) is 11.6. The summed E-state index contributed by atoms with van der Waals surface area (Å²) in [5, 5.41) is 5.24. The van der Waals surface area contributed by atoms with Gasteiger partial charge >= 0.3 is 0 Å². The first-order chi connectivity index (χ1) is 16.1. The molecule has 0 saturated carbocycles. The Hall–Kier alpha value is -3.59. The molecule has 3 nitrogen and oxygen atoms in total. The molecule has 0 bridgehead atoms. The van der Waals surface area contributed by atoms with Crippen molar-refractivity contribution < 1.29 is 9.53 Å². The van der Waals surface area contributed by atoms with Crippen LogP contribution >= 0.6 is 0 Å². The summed E-state index contributed by atoms with van der Waals surface area (Å²) in [6.45, 7) is 6.99. The van der Waals surface area contributed by atoms with Crippen molar-refractivity contribution in [1.29, 1.82) is 0 Å². The monoisotopic (exact) mass is 437 g/mol. The lowest BCUT2D eigenvalue weighted by molar-refractivity contribution is -0.120. The number of carbonyl (C=O) groups excluding carboxylic acids is 1. The van der Waals surface area contributed by atoms with E-state index in [4.69, 9.17) is 4.74 Å². The molecule has 33 heavy (non-hydrogen) atoms. The fraction of sp³-hybridized carbons (Fsp3) is 0.233. The Labute approximate surface area is 196 Å². The van der Waals surface area contributed by atoms with E-state index in [1.54, 1.807) is 0 Å². The van der Waals surface area contributed by atoms with E-state index in [2.05, 4.69) is 26.1 Å². The molecule has 1 N–H and O–H groups in total. The highest BCUT2D eigenvalue weighted by atomic mass is 16.5. The molecule has 4 rings (SSSR count). The first-order valence-corrected chi connectivity index (χ1v) is 11.6. The van der Waals surface area contributed by atoms with Crippen molar-refractivity contribution in [2.24, 2.45) is 5.92 Å². The number of nitrogens with one attached hydrogen (secondary N) is 1. The predicted molar refractivity (Wildman–Crippen MR) is 137 cm³/mol. The second-order valence-electron chi connectivity index (χ2n) is 8.81. The minimum absolute atomic E-state index is 0.0385. The first kappa shape index (κ1) is 22.6. The van der Waals surface area contributed by atoms with Crippen LogP contribution < -0.4 is 10.1 Å². The van der Waals surface area contributed by atoms with Crippen LogP contribution in [0.15, 0.2) is 97.1 Å². The molecule has 0 aliphatic rings. The number of amides is 1. The van der Waals surface area contributed by atoms with Gasteiger partial charge < -0.3 is 10.1 Å². The second-order valence-corrected chi connectivity index (χ2v) is 8.81. The molecule has 0 spiro atoms. The van der Waals surface area contributed by atoms with Gasteiger partial charge in [0.05, 0.1) is 12.0 Å². The van der Waals surface area contributed by atoms with Crippen molar-refractivity contribution in [2.45, 2.75) is 32.6 Å². The summed E-state index contributed by atoms with van der Waals surface area (Å²) in [5.41, 5.74) is 1.96. The van der Waals surface area contributed by atoms with Crippen LogP contribution in [0, 0.1) is 5.92 Å². The van der Waals surface area contributed by atoms with E-state index in [9.17, 15) is 4.79 Å². The lowest BCUT2D eigenvalue weighted by Gasteiger charge is -2.33. The Morgan fingerprint density at radius 1 is 0.788 bits per heavy atom. The van der Waals surface area contributed by atoms with Crippen molar-refractivity contribution in [1.82, 2.24) is 0 Å². The maximum atomic E-state index is 14.1. The largest absolute Gasteiger partial charge is 0.493 e. The Morgan fingerprint density at radius 3 is 1.88 bits per heavy atom. The molecule has 3 heteroatoms. The van der Waals surface area contributed by atoms with Crippen LogP contribution in [0.25, 0.3) is 10.8 Å². The van der Waals surface area contributed by atoms with Gasteiger partial charge in [0.25, 0.3) is 0 Å². The van der Waals surface area contributed by atoms with Crippen LogP contribution in [0.1, 0.15) is 38.3 Å². The second kappa shape index (κ2) is 9.91. The number of ether oxygens (including phenoxy) is 1. The molecule has 4 aromatic rings. The lowest BCUT2D eigenvalue weighted by atomic mass is 9.71. The minimum atomic E-state index is -0.795. The topological polar surface area (TPSA) is 38.3 Å². The maximum absolute atomic E-state index is 14.1. The van der Waals surface area contributed by atoms with E-state index in [-0.39, 0.29) is 5.91 Å². The molecular weight excluding hydrogens is 406 g/mol. The molecule has 0 radical (unpaired) electrons. The lowest BCUT2D eigenvalue weighted by Crippen LogP contribution is -2.41. The summed E-state index contributed by atoms with van der Waals surface area (Å²) in [4.78, 5) is 14.1. The minimum Gasteiger partial charge on any atom is -0.493 e. The molecule has 0 aromatic heterocycles. The Kier molecular flexibility index (Phi) is 6.79. The third kappa shape index (κ3) is 4.49. The van der Waals surface area contributed by atoms with Crippen molar-refractivity contribution >= 4 is 22.4 Å². The van der Waals surface area contributed by atoms with Gasteiger partial charge in [-0.3, -0.25) is 4.79 Å². The molecule has 0 aliphatic heterocycles. The zero-order valence-electron chi connectivity index (χ0n) is 19.5. The third-order valence-electron chi connectivity index (χ3n) is 6.16. The van der Waals surface area contributed by atoms with Gasteiger partial charge in [-0.25, -0.2) is 0 Å². The van der Waals surface area contributed by atoms with E-state index in [1.165, 1.54) is 0 Å². The van der Waals surface area contributed by atoms with E-state index in [0.717, 1.165) is 33.3 Å². The average Bonchev–Trinajstić information content (AvgIpc) is 2.85. The van der Waals surface area contributed by atoms with Gasteiger partial charge in [0.2, 0.25) is 5.91 Å². The third-order valence-corrected chi connectivity index (χ3v) is 6.16. The summed E-state index contributed by atoms with van der Waals surface area (Å²) in [6.07, 6.45) is 0.639. The van der Waals surface area contributed by atoms with Crippen LogP contribution in [0.2, 0.25) is 0 Å². The molecule has 0 heterocycles. The molecular formula is C30H31NO2. The summed E-state index contributed by atoms with van der Waals surface area (Å²) in [7, 11) is 0. The number of carbonyl (C=O) groups is 1. The van der Waals surface area contributed by atoms with E-state index >= 15 is 0 Å². The van der Waals surface area contributed by atoms with Crippen molar-refractivity contribution in [2.75, 3.05) is 11.9 Å². The Bertz CT molecular complexity index is 1180. The maximum Gasteiger partial charge on any atom is 0.239 e. The molecule has 1 amide bonds. The normalized spacial score (nSPS) is 11.5. The predicted octanol–water partition coefficient (Wildman–Crippen LogP) is 7.21. The van der Waals surface area contributed by atoms with Gasteiger partial charge in [-0.15, -0.1) is 0 Å². The van der Waals surface area contributed by atoms with E-state index in [1.807, 2.05) is 97.1 Å². The molecule has 168 valence electrons. The smallest absolute Gasteiger partial charge is 0.239 e. The molecule has 0 atom stereocenters. The summed E-state index contributed by atoms with van der Waals surface area (Å²) in [6, 6.07) is 32.1. The quantitative estimate of drug-likeness (QED) is 0.316. The molecule has 0 aliphatic carbocycles. The van der Waals surface area contributed by atoms with Crippen molar-refractivity contribution in [3.05, 3.63) is 108 Å². The number of benzene rings is 4. The molecule has 0 unspecified atom stereocenters. The number of fused-ring (bicyclic) bond motifs is 1. The van der Waals surface area contributed by atoms with Crippen LogP contribution in [-0.4, -0.2) is 12.5 Å². The van der Waals surface area contributed by atoms with Crippen LogP contribution in [-0.2, 0) is 10.2 Å². The SMILES string of the molecule is CCC(C(=O)Nc1ccc(OCC(C)C)c2ccccc12)(c1ccccc1)c1ccccc1. The van der Waals surface area contributed by atoms with Crippen LogP contribution in [0.5, 0.6) is 5.75 Å². The van der Waals surface area contributed by atoms with Crippen molar-refractivity contribution in [3.8, 4) is 5.75 Å². The summed E-state index contributed by atoms with van der Waals surface area (Å²) >= 11 is 0. The van der Waals surface area contributed by atoms with Gasteiger partial charge in [-0.05, 0) is 35.6 Å². The highest BCUT2D eigenvalue weighted by Crippen LogP contribution is 2.38. The van der Waals surface area contributed by atoms with Gasteiger partial charge in [-0.1, -0.05) is 106 Å². The van der Waals surface area contributed by atoms with Gasteiger partial charge in [0.15, 0.2) is 0 Å². The number of hydrogen-bond donors (Lipinski definition) is 1. The molecule has 0 fully saturated rings. The fourth-order valence-electron chi connectivity index (χ4n) is 4.43. The summed E-state index contributed by atoms with van der Waals surface area (Å²) in [5.74, 6) is 1.23. The highest BCUT2D eigenvalue weighted by Gasteiger charge is 2.40. The standard InChI is InChI=1S/C30H31NO2/c1-4-30(23-13-7-5-8-14-23,24-15-9-6-10-16-24)29(32)31-27-19-20-28(33-21-22(2)3)26-18-12-11-17-25(26)27/h5-20,22H,4,21H2,1-3H3,(H,31,32). The van der Waals surface area contributed by atoms with Crippen LogP contribution in [0.4, 0.5) is 5.69 Å². The highest BCUT2D eigenvalue weighted by molar-refractivity contribution is 6.08. The average molecular weight is 438 g/mol. The zero-order valence-corrected chi connectivity index (χ0v) is 19.5. The molecule has 0 saturated heterocycles.